The quantitative estimate of drug-likeness (QED) is 0.943. The zero-order chi connectivity index (χ0) is 14.9. The molecule has 108 valence electrons. The Hall–Kier alpha value is -1.60. The summed E-state index contributed by atoms with van der Waals surface area (Å²) in [4.78, 5) is 7.01. The summed E-state index contributed by atoms with van der Waals surface area (Å²) in [6.45, 7) is 3.80. The molecular formula is C13H17N3O2S2. The van der Waals surface area contributed by atoms with Gasteiger partial charge in [0, 0.05) is 19.0 Å². The summed E-state index contributed by atoms with van der Waals surface area (Å²) in [5.74, 6) is 0.319. The van der Waals surface area contributed by atoms with Gasteiger partial charge in [-0.25, -0.2) is 13.4 Å². The predicted octanol–water partition coefficient (Wildman–Crippen LogP) is 2.63. The van der Waals surface area contributed by atoms with E-state index in [1.165, 1.54) is 11.3 Å². The summed E-state index contributed by atoms with van der Waals surface area (Å²) >= 11 is 1.26. The van der Waals surface area contributed by atoms with Gasteiger partial charge >= 0.3 is 0 Å². The molecule has 7 heteroatoms. The molecule has 0 atom stereocenters. The van der Waals surface area contributed by atoms with Crippen LogP contribution >= 0.6 is 11.3 Å². The Morgan fingerprint density at radius 1 is 1.25 bits per heavy atom. The number of hydrogen-bond acceptors (Lipinski definition) is 5. The Bertz CT molecular complexity index is 684. The highest BCUT2D eigenvalue weighted by molar-refractivity contribution is 7.94. The molecule has 2 aromatic rings. The Morgan fingerprint density at radius 3 is 2.40 bits per heavy atom. The molecule has 0 fully saturated rings. The van der Waals surface area contributed by atoms with Gasteiger partial charge in [0.05, 0.1) is 11.9 Å². The molecule has 0 radical (unpaired) electrons. The Balaban J connectivity index is 2.24. The van der Waals surface area contributed by atoms with Gasteiger partial charge in [-0.1, -0.05) is 0 Å². The van der Waals surface area contributed by atoms with Crippen LogP contribution in [0.5, 0.6) is 0 Å². The van der Waals surface area contributed by atoms with E-state index >= 15 is 0 Å². The van der Waals surface area contributed by atoms with Crippen LogP contribution in [0, 0.1) is 13.8 Å². The predicted molar refractivity (Wildman–Crippen MR) is 83.2 cm³/mol. The third-order valence-corrected chi connectivity index (χ3v) is 5.89. The molecule has 0 aromatic carbocycles. The summed E-state index contributed by atoms with van der Waals surface area (Å²) in [6.07, 6.45) is 1.63. The number of aromatic nitrogens is 1. The van der Waals surface area contributed by atoms with Crippen molar-refractivity contribution in [3.8, 4) is 0 Å². The van der Waals surface area contributed by atoms with E-state index in [1.807, 2.05) is 38.9 Å². The molecule has 2 rings (SSSR count). The second kappa shape index (κ2) is 5.41. The van der Waals surface area contributed by atoms with E-state index in [-0.39, 0.29) is 0 Å². The number of nitrogens with zero attached hydrogens (tertiary/aromatic N) is 2. The minimum absolute atomic E-state index is 0.311. The van der Waals surface area contributed by atoms with E-state index in [0.717, 1.165) is 16.1 Å². The molecule has 0 aliphatic rings. The molecule has 0 saturated carbocycles. The maximum absolute atomic E-state index is 12.2. The maximum Gasteiger partial charge on any atom is 0.272 e. The SMILES string of the molecule is Cc1cc(S(=O)(=O)Nc2ccc(N(C)C)cn2)sc1C. The molecular weight excluding hydrogens is 294 g/mol. The van der Waals surface area contributed by atoms with Crippen molar-refractivity contribution in [2.75, 3.05) is 23.7 Å². The summed E-state index contributed by atoms with van der Waals surface area (Å²) in [7, 11) is 0.246. The van der Waals surface area contributed by atoms with Crippen molar-refractivity contribution in [3.05, 3.63) is 34.8 Å². The van der Waals surface area contributed by atoms with Gasteiger partial charge in [-0.05, 0) is 37.6 Å². The Labute approximate surface area is 123 Å². The molecule has 2 heterocycles. The second-order valence-electron chi connectivity index (χ2n) is 4.71. The molecule has 1 N–H and O–H groups in total. The number of pyridine rings is 1. The second-order valence-corrected chi connectivity index (χ2v) is 7.87. The topological polar surface area (TPSA) is 62.3 Å². The van der Waals surface area contributed by atoms with Crippen molar-refractivity contribution < 1.29 is 8.42 Å². The average Bonchev–Trinajstić information content (AvgIpc) is 2.71. The van der Waals surface area contributed by atoms with Crippen LogP contribution in [-0.4, -0.2) is 27.5 Å². The summed E-state index contributed by atoms with van der Waals surface area (Å²) in [6, 6.07) is 5.15. The van der Waals surface area contributed by atoms with Crippen LogP contribution in [0.15, 0.2) is 28.6 Å². The van der Waals surface area contributed by atoms with Crippen LogP contribution in [-0.2, 0) is 10.0 Å². The molecule has 0 amide bonds. The van der Waals surface area contributed by atoms with Crippen molar-refractivity contribution in [2.24, 2.45) is 0 Å². The van der Waals surface area contributed by atoms with Gasteiger partial charge in [-0.2, -0.15) is 0 Å². The van der Waals surface area contributed by atoms with Gasteiger partial charge in [-0.15, -0.1) is 11.3 Å². The van der Waals surface area contributed by atoms with E-state index < -0.39 is 10.0 Å². The number of sulfonamides is 1. The minimum Gasteiger partial charge on any atom is -0.376 e. The van der Waals surface area contributed by atoms with E-state index in [9.17, 15) is 8.42 Å². The van der Waals surface area contributed by atoms with Gasteiger partial charge in [0.15, 0.2) is 0 Å². The lowest BCUT2D eigenvalue weighted by Crippen LogP contribution is -2.13. The average molecular weight is 311 g/mol. The van der Waals surface area contributed by atoms with Crippen LogP contribution in [0.4, 0.5) is 11.5 Å². The molecule has 0 aliphatic heterocycles. The lowest BCUT2D eigenvalue weighted by molar-refractivity contribution is 0.603. The third kappa shape index (κ3) is 3.10. The number of hydrogen-bond donors (Lipinski definition) is 1. The summed E-state index contributed by atoms with van der Waals surface area (Å²) in [5.41, 5.74) is 1.89. The van der Waals surface area contributed by atoms with Crippen molar-refractivity contribution in [1.29, 1.82) is 0 Å². The van der Waals surface area contributed by atoms with Crippen LogP contribution in [0.25, 0.3) is 0 Å². The highest BCUT2D eigenvalue weighted by Gasteiger charge is 2.18. The number of aryl methyl sites for hydroxylation is 2. The van der Waals surface area contributed by atoms with E-state index in [4.69, 9.17) is 0 Å². The minimum atomic E-state index is -3.56. The molecule has 2 aromatic heterocycles. The molecule has 0 aliphatic carbocycles. The van der Waals surface area contributed by atoms with Crippen molar-refractivity contribution >= 4 is 32.9 Å². The van der Waals surface area contributed by atoms with E-state index in [2.05, 4.69) is 9.71 Å². The zero-order valence-corrected chi connectivity index (χ0v) is 13.5. The largest absolute Gasteiger partial charge is 0.376 e. The molecule has 0 unspecified atom stereocenters. The number of rotatable bonds is 4. The maximum atomic E-state index is 12.2. The lowest BCUT2D eigenvalue weighted by atomic mass is 10.3. The summed E-state index contributed by atoms with van der Waals surface area (Å²) in [5, 5.41) is 0. The Kier molecular flexibility index (Phi) is 4.01. The van der Waals surface area contributed by atoms with E-state index in [1.54, 1.807) is 18.3 Å². The molecule has 5 nitrogen and oxygen atoms in total. The molecule has 20 heavy (non-hydrogen) atoms. The van der Waals surface area contributed by atoms with Gasteiger partial charge in [0.2, 0.25) is 0 Å². The van der Waals surface area contributed by atoms with Crippen molar-refractivity contribution in [3.63, 3.8) is 0 Å². The first kappa shape index (κ1) is 14.8. The van der Waals surface area contributed by atoms with Gasteiger partial charge in [-0.3, -0.25) is 4.72 Å². The Morgan fingerprint density at radius 2 is 1.95 bits per heavy atom. The molecule has 0 saturated heterocycles. The van der Waals surface area contributed by atoms with Crippen LogP contribution in [0.2, 0.25) is 0 Å². The first-order chi connectivity index (χ1) is 9.29. The van der Waals surface area contributed by atoms with Crippen LogP contribution < -0.4 is 9.62 Å². The molecule has 0 spiro atoms. The standard InChI is InChI=1S/C13H17N3O2S2/c1-9-7-13(19-10(9)2)20(17,18)15-12-6-5-11(8-14-12)16(3)4/h5-8H,1-4H3,(H,14,15). The first-order valence-corrected chi connectivity index (χ1v) is 8.33. The van der Waals surface area contributed by atoms with Gasteiger partial charge < -0.3 is 4.90 Å². The van der Waals surface area contributed by atoms with Crippen LogP contribution in [0.1, 0.15) is 10.4 Å². The number of anilines is 2. The van der Waals surface area contributed by atoms with E-state index in [0.29, 0.717) is 10.0 Å². The van der Waals surface area contributed by atoms with Crippen molar-refractivity contribution in [1.82, 2.24) is 4.98 Å². The highest BCUT2D eigenvalue weighted by atomic mass is 32.2. The van der Waals surface area contributed by atoms with Crippen molar-refractivity contribution in [2.45, 2.75) is 18.1 Å². The van der Waals surface area contributed by atoms with Gasteiger partial charge in [0.1, 0.15) is 10.0 Å². The third-order valence-electron chi connectivity index (χ3n) is 2.91. The fraction of sp³-hybridized carbons (Fsp3) is 0.308. The first-order valence-electron chi connectivity index (χ1n) is 6.03. The summed E-state index contributed by atoms with van der Waals surface area (Å²) < 4.78 is 27.3. The van der Waals surface area contributed by atoms with Gasteiger partial charge in [0.25, 0.3) is 10.0 Å². The number of thiophene rings is 1. The fourth-order valence-corrected chi connectivity index (χ4v) is 4.10. The monoisotopic (exact) mass is 311 g/mol. The van der Waals surface area contributed by atoms with Crippen LogP contribution in [0.3, 0.4) is 0 Å². The lowest BCUT2D eigenvalue weighted by Gasteiger charge is -2.12. The molecule has 0 bridgehead atoms. The smallest absolute Gasteiger partial charge is 0.272 e. The zero-order valence-electron chi connectivity index (χ0n) is 11.8. The normalized spacial score (nSPS) is 11.4. The number of nitrogens with one attached hydrogen (secondary N) is 1. The highest BCUT2D eigenvalue weighted by Crippen LogP contribution is 2.26. The fourth-order valence-electron chi connectivity index (χ4n) is 1.57.